The monoisotopic (exact) mass is 193 g/mol. The van der Waals surface area contributed by atoms with E-state index in [1.807, 2.05) is 19.1 Å². The van der Waals surface area contributed by atoms with Gasteiger partial charge in [0.25, 0.3) is 0 Å². The van der Waals surface area contributed by atoms with Gasteiger partial charge in [0.05, 0.1) is 0 Å². The third kappa shape index (κ3) is 3.89. The summed E-state index contributed by atoms with van der Waals surface area (Å²) in [6.07, 6.45) is 2.91. The van der Waals surface area contributed by atoms with E-state index in [4.69, 9.17) is 5.73 Å². The first-order valence-electron chi connectivity index (χ1n) is 4.63. The highest BCUT2D eigenvalue weighted by Crippen LogP contribution is 2.05. The number of aryl methyl sites for hydroxylation is 1. The highest BCUT2D eigenvalue weighted by Gasteiger charge is 1.95. The molecule has 0 aliphatic heterocycles. The SMILES string of the molecule is Cc1ccnc(NCCCC(N)=O)c1. The number of nitrogens with two attached hydrogens (primary N) is 1. The van der Waals surface area contributed by atoms with Gasteiger partial charge in [0.15, 0.2) is 0 Å². The first-order chi connectivity index (χ1) is 6.68. The highest BCUT2D eigenvalue weighted by atomic mass is 16.1. The summed E-state index contributed by atoms with van der Waals surface area (Å²) in [5.74, 6) is 0.582. The standard InChI is InChI=1S/C10H15N3O/c1-8-4-6-13-10(7-8)12-5-2-3-9(11)14/h4,6-7H,2-3,5H2,1H3,(H2,11,14)(H,12,13). The molecule has 0 saturated heterocycles. The molecule has 0 unspecified atom stereocenters. The van der Waals surface area contributed by atoms with E-state index in [-0.39, 0.29) is 5.91 Å². The minimum Gasteiger partial charge on any atom is -0.370 e. The van der Waals surface area contributed by atoms with Gasteiger partial charge in [0.1, 0.15) is 5.82 Å². The molecule has 0 aliphatic rings. The van der Waals surface area contributed by atoms with Crippen LogP contribution >= 0.6 is 0 Å². The average molecular weight is 193 g/mol. The lowest BCUT2D eigenvalue weighted by Crippen LogP contribution is -2.12. The van der Waals surface area contributed by atoms with E-state index in [1.165, 1.54) is 0 Å². The van der Waals surface area contributed by atoms with Crippen LogP contribution in [0.5, 0.6) is 0 Å². The molecule has 0 spiro atoms. The maximum atomic E-state index is 10.4. The van der Waals surface area contributed by atoms with E-state index in [9.17, 15) is 4.79 Å². The summed E-state index contributed by atoms with van der Waals surface area (Å²) < 4.78 is 0. The van der Waals surface area contributed by atoms with Crippen molar-refractivity contribution in [1.29, 1.82) is 0 Å². The molecule has 0 saturated carbocycles. The van der Waals surface area contributed by atoms with Gasteiger partial charge in [-0.2, -0.15) is 0 Å². The zero-order valence-electron chi connectivity index (χ0n) is 8.29. The average Bonchev–Trinajstić information content (AvgIpc) is 2.12. The number of aromatic nitrogens is 1. The largest absolute Gasteiger partial charge is 0.370 e. The fourth-order valence-electron chi connectivity index (χ4n) is 1.11. The Kier molecular flexibility index (Phi) is 3.91. The number of nitrogens with zero attached hydrogens (tertiary/aromatic N) is 1. The molecule has 1 heterocycles. The van der Waals surface area contributed by atoms with E-state index in [1.54, 1.807) is 6.20 Å². The zero-order valence-corrected chi connectivity index (χ0v) is 8.29. The summed E-state index contributed by atoms with van der Waals surface area (Å²) in [5.41, 5.74) is 6.18. The fourth-order valence-corrected chi connectivity index (χ4v) is 1.11. The summed E-state index contributed by atoms with van der Waals surface area (Å²) in [6, 6.07) is 3.90. The molecule has 0 radical (unpaired) electrons. The quantitative estimate of drug-likeness (QED) is 0.687. The Labute approximate surface area is 83.5 Å². The first-order valence-corrected chi connectivity index (χ1v) is 4.63. The Bertz CT molecular complexity index is 312. The van der Waals surface area contributed by atoms with Gasteiger partial charge >= 0.3 is 0 Å². The molecule has 1 aromatic heterocycles. The van der Waals surface area contributed by atoms with Crippen LogP contribution in [-0.4, -0.2) is 17.4 Å². The van der Waals surface area contributed by atoms with Crippen LogP contribution in [0.2, 0.25) is 0 Å². The van der Waals surface area contributed by atoms with Gasteiger partial charge in [-0.15, -0.1) is 0 Å². The third-order valence-corrected chi connectivity index (χ3v) is 1.82. The highest BCUT2D eigenvalue weighted by molar-refractivity contribution is 5.73. The molecule has 0 fully saturated rings. The molecule has 1 rings (SSSR count). The van der Waals surface area contributed by atoms with Crippen LogP contribution < -0.4 is 11.1 Å². The van der Waals surface area contributed by atoms with Crippen molar-refractivity contribution >= 4 is 11.7 Å². The van der Waals surface area contributed by atoms with Gasteiger partial charge in [-0.1, -0.05) is 0 Å². The molecule has 1 amide bonds. The Morgan fingerprint density at radius 3 is 3.07 bits per heavy atom. The molecule has 3 N–H and O–H groups in total. The van der Waals surface area contributed by atoms with Gasteiger partial charge in [0, 0.05) is 19.2 Å². The van der Waals surface area contributed by atoms with E-state index >= 15 is 0 Å². The summed E-state index contributed by atoms with van der Waals surface area (Å²) in [5, 5.41) is 3.12. The Hall–Kier alpha value is -1.58. The van der Waals surface area contributed by atoms with Crippen molar-refractivity contribution in [2.75, 3.05) is 11.9 Å². The molecule has 76 valence electrons. The maximum Gasteiger partial charge on any atom is 0.217 e. The van der Waals surface area contributed by atoms with Crippen LogP contribution in [0.4, 0.5) is 5.82 Å². The molecule has 14 heavy (non-hydrogen) atoms. The summed E-state index contributed by atoms with van der Waals surface area (Å²) >= 11 is 0. The predicted octanol–water partition coefficient (Wildman–Crippen LogP) is 1.07. The zero-order chi connectivity index (χ0) is 10.4. The predicted molar refractivity (Wildman–Crippen MR) is 55.9 cm³/mol. The van der Waals surface area contributed by atoms with Crippen LogP contribution in [0.1, 0.15) is 18.4 Å². The van der Waals surface area contributed by atoms with Crippen molar-refractivity contribution in [2.24, 2.45) is 5.73 Å². The molecule has 4 heteroatoms. The minimum absolute atomic E-state index is 0.260. The fraction of sp³-hybridized carbons (Fsp3) is 0.400. The normalized spacial score (nSPS) is 9.79. The summed E-state index contributed by atoms with van der Waals surface area (Å²) in [4.78, 5) is 14.6. The second-order valence-corrected chi connectivity index (χ2v) is 3.22. The summed E-state index contributed by atoms with van der Waals surface area (Å²) in [7, 11) is 0. The Morgan fingerprint density at radius 2 is 2.43 bits per heavy atom. The lowest BCUT2D eigenvalue weighted by Gasteiger charge is -2.04. The molecule has 1 aromatic rings. The number of nitrogens with one attached hydrogen (secondary N) is 1. The third-order valence-electron chi connectivity index (χ3n) is 1.82. The number of amides is 1. The topological polar surface area (TPSA) is 68.0 Å². The smallest absolute Gasteiger partial charge is 0.217 e. The van der Waals surface area contributed by atoms with Gasteiger partial charge < -0.3 is 11.1 Å². The van der Waals surface area contributed by atoms with Crippen molar-refractivity contribution in [2.45, 2.75) is 19.8 Å². The van der Waals surface area contributed by atoms with Gasteiger partial charge in [0.2, 0.25) is 5.91 Å². The van der Waals surface area contributed by atoms with Crippen molar-refractivity contribution < 1.29 is 4.79 Å². The van der Waals surface area contributed by atoms with Gasteiger partial charge in [-0.25, -0.2) is 4.98 Å². The van der Waals surface area contributed by atoms with E-state index in [2.05, 4.69) is 10.3 Å². The van der Waals surface area contributed by atoms with E-state index < -0.39 is 0 Å². The molecular weight excluding hydrogens is 178 g/mol. The van der Waals surface area contributed by atoms with Crippen molar-refractivity contribution in [3.05, 3.63) is 23.9 Å². The number of hydrogen-bond donors (Lipinski definition) is 2. The molecule has 0 aliphatic carbocycles. The second kappa shape index (κ2) is 5.21. The minimum atomic E-state index is -0.260. The van der Waals surface area contributed by atoms with Crippen molar-refractivity contribution in [3.63, 3.8) is 0 Å². The number of primary amides is 1. The van der Waals surface area contributed by atoms with Crippen molar-refractivity contribution in [1.82, 2.24) is 4.98 Å². The second-order valence-electron chi connectivity index (χ2n) is 3.22. The maximum absolute atomic E-state index is 10.4. The Balaban J connectivity index is 2.28. The van der Waals surface area contributed by atoms with Crippen LogP contribution in [0, 0.1) is 6.92 Å². The molecule has 0 atom stereocenters. The van der Waals surface area contributed by atoms with Crippen LogP contribution in [0.15, 0.2) is 18.3 Å². The molecular formula is C10H15N3O. The van der Waals surface area contributed by atoms with Crippen LogP contribution in [-0.2, 0) is 4.79 Å². The number of pyridine rings is 1. The van der Waals surface area contributed by atoms with Crippen LogP contribution in [0.3, 0.4) is 0 Å². The van der Waals surface area contributed by atoms with E-state index in [0.29, 0.717) is 6.42 Å². The molecule has 0 aromatic carbocycles. The number of hydrogen-bond acceptors (Lipinski definition) is 3. The van der Waals surface area contributed by atoms with Gasteiger partial charge in [-0.3, -0.25) is 4.79 Å². The lowest BCUT2D eigenvalue weighted by molar-refractivity contribution is -0.118. The number of anilines is 1. The van der Waals surface area contributed by atoms with E-state index in [0.717, 1.165) is 24.3 Å². The number of carbonyl (C=O) groups excluding carboxylic acids is 1. The van der Waals surface area contributed by atoms with Crippen molar-refractivity contribution in [3.8, 4) is 0 Å². The number of carbonyl (C=O) groups is 1. The number of rotatable bonds is 5. The summed E-state index contributed by atoms with van der Waals surface area (Å²) in [6.45, 7) is 2.73. The van der Waals surface area contributed by atoms with Gasteiger partial charge in [-0.05, 0) is 31.0 Å². The molecule has 0 bridgehead atoms. The molecule has 4 nitrogen and oxygen atoms in total. The lowest BCUT2D eigenvalue weighted by atomic mass is 10.3. The van der Waals surface area contributed by atoms with Crippen LogP contribution in [0.25, 0.3) is 0 Å². The first kappa shape index (κ1) is 10.5. The Morgan fingerprint density at radius 1 is 1.64 bits per heavy atom.